The second-order valence-corrected chi connectivity index (χ2v) is 5.80. The van der Waals surface area contributed by atoms with Crippen LogP contribution in [-0.4, -0.2) is 22.2 Å². The van der Waals surface area contributed by atoms with Gasteiger partial charge in [-0.2, -0.15) is 0 Å². The van der Waals surface area contributed by atoms with Crippen molar-refractivity contribution in [1.82, 2.24) is 4.57 Å². The molecule has 0 spiro atoms. The highest BCUT2D eigenvalue weighted by Crippen LogP contribution is 2.32. The van der Waals surface area contributed by atoms with Crippen molar-refractivity contribution in [3.63, 3.8) is 0 Å². The Morgan fingerprint density at radius 3 is 2.44 bits per heavy atom. The maximum absolute atomic E-state index is 12.6. The SMILES string of the molecule is CCOc1cccc(=O)c2c(C)n(-c3cccc(C(=O)O)c3)c(C)c12. The first-order chi connectivity index (χ1) is 12.0. The number of hydrogen-bond donors (Lipinski definition) is 1. The lowest BCUT2D eigenvalue weighted by molar-refractivity contribution is 0.0697. The van der Waals surface area contributed by atoms with Crippen LogP contribution in [0.4, 0.5) is 0 Å². The second kappa shape index (κ2) is 6.43. The summed E-state index contributed by atoms with van der Waals surface area (Å²) in [5, 5.41) is 10.6. The third-order valence-corrected chi connectivity index (χ3v) is 4.28. The quantitative estimate of drug-likeness (QED) is 0.788. The van der Waals surface area contributed by atoms with Crippen molar-refractivity contribution in [2.24, 2.45) is 0 Å². The molecule has 1 N–H and O–H groups in total. The van der Waals surface area contributed by atoms with E-state index in [1.54, 1.807) is 30.3 Å². The Morgan fingerprint density at radius 2 is 1.76 bits per heavy atom. The lowest BCUT2D eigenvalue weighted by atomic mass is 10.2. The molecule has 5 heteroatoms. The minimum atomic E-state index is -0.986. The average molecular weight is 337 g/mol. The molecule has 0 radical (unpaired) electrons. The molecule has 1 aromatic heterocycles. The van der Waals surface area contributed by atoms with Crippen LogP contribution in [0.15, 0.2) is 47.3 Å². The van der Waals surface area contributed by atoms with E-state index in [1.807, 2.05) is 31.4 Å². The van der Waals surface area contributed by atoms with Gasteiger partial charge in [-0.05, 0) is 51.1 Å². The summed E-state index contributed by atoms with van der Waals surface area (Å²) in [6, 6.07) is 11.7. The molecule has 0 saturated carbocycles. The highest BCUT2D eigenvalue weighted by atomic mass is 16.5. The zero-order valence-electron chi connectivity index (χ0n) is 14.4. The molecule has 0 fully saturated rings. The molecule has 1 heterocycles. The Balaban J connectivity index is 2.41. The van der Waals surface area contributed by atoms with Crippen LogP contribution in [0, 0.1) is 13.8 Å². The number of aromatic carboxylic acids is 1. The van der Waals surface area contributed by atoms with Crippen LogP contribution in [0.2, 0.25) is 0 Å². The monoisotopic (exact) mass is 337 g/mol. The zero-order valence-corrected chi connectivity index (χ0v) is 14.4. The van der Waals surface area contributed by atoms with Crippen molar-refractivity contribution in [2.45, 2.75) is 20.8 Å². The Hall–Kier alpha value is -3.08. The van der Waals surface area contributed by atoms with Crippen LogP contribution in [0.5, 0.6) is 5.75 Å². The molecule has 3 rings (SSSR count). The molecular weight excluding hydrogens is 318 g/mol. The fourth-order valence-electron chi connectivity index (χ4n) is 3.27. The van der Waals surface area contributed by atoms with E-state index in [9.17, 15) is 14.7 Å². The average Bonchev–Trinajstić information content (AvgIpc) is 2.73. The first-order valence-corrected chi connectivity index (χ1v) is 8.07. The van der Waals surface area contributed by atoms with Gasteiger partial charge in [0.2, 0.25) is 0 Å². The van der Waals surface area contributed by atoms with E-state index in [0.717, 1.165) is 16.8 Å². The maximum atomic E-state index is 12.6. The molecule has 0 aliphatic carbocycles. The molecule has 0 unspecified atom stereocenters. The Morgan fingerprint density at radius 1 is 1.08 bits per heavy atom. The normalized spacial score (nSPS) is 10.8. The molecule has 3 aromatic rings. The van der Waals surface area contributed by atoms with Gasteiger partial charge in [0.15, 0.2) is 5.43 Å². The number of fused-ring (bicyclic) bond motifs is 1. The fraction of sp³-hybridized carbons (Fsp3) is 0.200. The molecule has 5 nitrogen and oxygen atoms in total. The van der Waals surface area contributed by atoms with E-state index < -0.39 is 5.97 Å². The number of ether oxygens (including phenoxy) is 1. The molecule has 2 aromatic carbocycles. The number of nitrogens with zero attached hydrogens (tertiary/aromatic N) is 1. The van der Waals surface area contributed by atoms with Crippen molar-refractivity contribution in [2.75, 3.05) is 6.61 Å². The number of aromatic nitrogens is 1. The first kappa shape index (κ1) is 16.8. The molecular formula is C20H19NO4. The highest BCUT2D eigenvalue weighted by Gasteiger charge is 2.18. The number of carboxylic acids is 1. The number of carbonyl (C=O) groups is 1. The predicted octanol–water partition coefficient (Wildman–Crippen LogP) is 3.70. The molecule has 0 saturated heterocycles. The van der Waals surface area contributed by atoms with Gasteiger partial charge >= 0.3 is 5.97 Å². The molecule has 0 aliphatic heterocycles. The van der Waals surface area contributed by atoms with Crippen LogP contribution in [0.1, 0.15) is 28.7 Å². The van der Waals surface area contributed by atoms with E-state index in [-0.39, 0.29) is 11.0 Å². The van der Waals surface area contributed by atoms with Gasteiger partial charge in [-0.15, -0.1) is 0 Å². The molecule has 0 amide bonds. The van der Waals surface area contributed by atoms with Gasteiger partial charge in [-0.25, -0.2) is 4.79 Å². The Labute approximate surface area is 145 Å². The van der Waals surface area contributed by atoms with Crippen molar-refractivity contribution < 1.29 is 14.6 Å². The Bertz CT molecular complexity index is 1030. The Kier molecular flexibility index (Phi) is 4.31. The lowest BCUT2D eigenvalue weighted by Gasteiger charge is -2.10. The van der Waals surface area contributed by atoms with E-state index >= 15 is 0 Å². The van der Waals surface area contributed by atoms with Crippen LogP contribution < -0.4 is 10.2 Å². The predicted molar refractivity (Wildman–Crippen MR) is 97.1 cm³/mol. The van der Waals surface area contributed by atoms with Gasteiger partial charge < -0.3 is 14.4 Å². The summed E-state index contributed by atoms with van der Waals surface area (Å²) in [6.45, 7) is 6.16. The van der Waals surface area contributed by atoms with Crippen LogP contribution >= 0.6 is 0 Å². The number of benzene rings is 1. The van der Waals surface area contributed by atoms with E-state index in [1.165, 1.54) is 6.07 Å². The smallest absolute Gasteiger partial charge is 0.335 e. The number of rotatable bonds is 4. The molecule has 0 aliphatic rings. The van der Waals surface area contributed by atoms with Crippen LogP contribution in [0.25, 0.3) is 16.5 Å². The van der Waals surface area contributed by atoms with Crippen molar-refractivity contribution in [1.29, 1.82) is 0 Å². The first-order valence-electron chi connectivity index (χ1n) is 8.07. The third-order valence-electron chi connectivity index (χ3n) is 4.28. The fourth-order valence-corrected chi connectivity index (χ4v) is 3.27. The highest BCUT2D eigenvalue weighted by molar-refractivity contribution is 5.94. The van der Waals surface area contributed by atoms with Gasteiger partial charge in [-0.3, -0.25) is 4.79 Å². The van der Waals surface area contributed by atoms with Crippen molar-refractivity contribution in [3.05, 3.63) is 69.6 Å². The van der Waals surface area contributed by atoms with Crippen LogP contribution in [0.3, 0.4) is 0 Å². The van der Waals surface area contributed by atoms with Gasteiger partial charge in [0.1, 0.15) is 5.75 Å². The molecule has 0 atom stereocenters. The summed E-state index contributed by atoms with van der Waals surface area (Å²) in [5.41, 5.74) is 2.42. The maximum Gasteiger partial charge on any atom is 0.335 e. The number of hydrogen-bond acceptors (Lipinski definition) is 3. The minimum Gasteiger partial charge on any atom is -0.493 e. The van der Waals surface area contributed by atoms with E-state index in [2.05, 4.69) is 0 Å². The summed E-state index contributed by atoms with van der Waals surface area (Å²) in [7, 11) is 0. The number of carboxylic acid groups (broad SMARTS) is 1. The summed E-state index contributed by atoms with van der Waals surface area (Å²) >= 11 is 0. The molecule has 0 bridgehead atoms. The topological polar surface area (TPSA) is 68.5 Å². The third kappa shape index (κ3) is 2.78. The second-order valence-electron chi connectivity index (χ2n) is 5.80. The van der Waals surface area contributed by atoms with E-state index in [0.29, 0.717) is 23.4 Å². The summed E-state index contributed by atoms with van der Waals surface area (Å²) in [5.74, 6) is -0.340. The summed E-state index contributed by atoms with van der Waals surface area (Å²) in [6.07, 6.45) is 0. The van der Waals surface area contributed by atoms with Gasteiger partial charge in [0.05, 0.1) is 17.6 Å². The van der Waals surface area contributed by atoms with Gasteiger partial charge in [0, 0.05) is 22.5 Å². The number of aryl methyl sites for hydroxylation is 2. The van der Waals surface area contributed by atoms with Crippen LogP contribution in [-0.2, 0) is 0 Å². The van der Waals surface area contributed by atoms with Crippen molar-refractivity contribution in [3.8, 4) is 11.4 Å². The lowest BCUT2D eigenvalue weighted by Crippen LogP contribution is -2.03. The largest absolute Gasteiger partial charge is 0.493 e. The van der Waals surface area contributed by atoms with E-state index in [4.69, 9.17) is 4.74 Å². The van der Waals surface area contributed by atoms with Crippen molar-refractivity contribution >= 4 is 16.7 Å². The standard InChI is InChI=1S/C20H19NO4/c1-4-25-17-10-6-9-16(22)18-12(2)21(13(3)19(17)18)15-8-5-7-14(11-15)20(23)24/h5-11H,4H2,1-3H3,(H,23,24). The summed E-state index contributed by atoms with van der Waals surface area (Å²) < 4.78 is 7.64. The zero-order chi connectivity index (χ0) is 18.1. The molecule has 128 valence electrons. The van der Waals surface area contributed by atoms with Gasteiger partial charge in [-0.1, -0.05) is 12.1 Å². The summed E-state index contributed by atoms with van der Waals surface area (Å²) in [4.78, 5) is 23.8. The molecule has 25 heavy (non-hydrogen) atoms. The van der Waals surface area contributed by atoms with Gasteiger partial charge in [0.25, 0.3) is 0 Å². The minimum absolute atomic E-state index is 0.0882.